The summed E-state index contributed by atoms with van der Waals surface area (Å²) in [6.07, 6.45) is -0.781. The maximum absolute atomic E-state index is 11.4. The molecule has 25 nitrogen and oxygen atoms in total. The number of hydrogen-bond acceptors (Lipinski definition) is 17. The molecule has 0 saturated carbocycles. The fourth-order valence-corrected chi connectivity index (χ4v) is 4.78. The monoisotopic (exact) mass is 979 g/mol. The highest BCUT2D eigenvalue weighted by molar-refractivity contribution is 7.87. The number of hydroxylamine groups is 4. The van der Waals surface area contributed by atoms with Gasteiger partial charge in [0.25, 0.3) is 23.6 Å². The second kappa shape index (κ2) is 33.0. The summed E-state index contributed by atoms with van der Waals surface area (Å²) in [4.78, 5) is 137. The third kappa shape index (κ3) is 30.5. The van der Waals surface area contributed by atoms with Gasteiger partial charge in [-0.05, 0) is 25.0 Å². The minimum atomic E-state index is -5.00. The van der Waals surface area contributed by atoms with Crippen LogP contribution in [0.25, 0.3) is 0 Å². The smallest absolute Gasteiger partial charge is 0.352 e. The van der Waals surface area contributed by atoms with Gasteiger partial charge in [0.1, 0.15) is 28.5 Å². The van der Waals surface area contributed by atoms with Gasteiger partial charge in [0, 0.05) is 81.6 Å². The van der Waals surface area contributed by atoms with Gasteiger partial charge in [-0.3, -0.25) is 47.9 Å². The standard InChI is InChI=1S/2C10H13NO.C8H10N2O8S.C8H10N2O5.2C3H7NO/c2*1-8-3-5-10(6-4-8)7-11-9(2)12;1-4(11)9-3-7(13)18-10-6(12)2-5(8(10)14)19(15,16)17;1-5(11)9-4-8(14)15-10-6(12)2-3-7(10)13;2*1-3(5)4-2/h2*3-6H,7H2,1-2H3,(H,11,12);5H,2-3H2,1H3,(H,9,11)(H,15,16,17);2-4H2,1H3,(H,9,11);2*1-2H3,(H,4,5)/p-1. The van der Waals surface area contributed by atoms with Gasteiger partial charge in [0.2, 0.25) is 35.4 Å². The van der Waals surface area contributed by atoms with Crippen molar-refractivity contribution < 1.29 is 80.2 Å². The average Bonchev–Trinajstić information content (AvgIpc) is 3.73. The highest BCUT2D eigenvalue weighted by Gasteiger charge is 2.45. The number of carbonyl (C=O) groups is 12. The van der Waals surface area contributed by atoms with Crippen molar-refractivity contribution in [2.75, 3.05) is 27.2 Å². The lowest BCUT2D eigenvalue weighted by Crippen LogP contribution is -2.39. The van der Waals surface area contributed by atoms with Crippen LogP contribution in [-0.2, 0) is 90.4 Å². The molecular formula is C42H59N8O17S-. The van der Waals surface area contributed by atoms with Gasteiger partial charge in [-0.25, -0.2) is 18.0 Å². The lowest BCUT2D eigenvalue weighted by Gasteiger charge is -2.15. The van der Waals surface area contributed by atoms with Crippen molar-refractivity contribution in [2.45, 2.75) is 93.0 Å². The fraction of sp³-hybridized carbons (Fsp3) is 0.429. The first-order chi connectivity index (χ1) is 31.5. The lowest BCUT2D eigenvalue weighted by molar-refractivity contribution is -0.196. The molecule has 2 aliphatic rings. The molecule has 2 aliphatic heterocycles. The van der Waals surface area contributed by atoms with E-state index in [1.807, 2.05) is 67.7 Å². The predicted octanol–water partition coefficient (Wildman–Crippen LogP) is -1.25. The Morgan fingerprint density at radius 3 is 1.12 bits per heavy atom. The van der Waals surface area contributed by atoms with Crippen LogP contribution in [0, 0.1) is 13.8 Å². The second-order valence-electron chi connectivity index (χ2n) is 13.9. The average molecular weight is 980 g/mol. The number of aryl methyl sites for hydroxylation is 2. The van der Waals surface area contributed by atoms with E-state index in [2.05, 4.69) is 36.3 Å². The van der Waals surface area contributed by atoms with E-state index < -0.39 is 75.7 Å². The Labute approximate surface area is 393 Å². The van der Waals surface area contributed by atoms with Gasteiger partial charge in [-0.2, -0.15) is 0 Å². The number of nitrogens with zero attached hydrogens (tertiary/aromatic N) is 2. The van der Waals surface area contributed by atoms with Gasteiger partial charge in [0.15, 0.2) is 0 Å². The first-order valence-electron chi connectivity index (χ1n) is 20.1. The number of carbonyl (C=O) groups excluding carboxylic acids is 12. The van der Waals surface area contributed by atoms with Crippen LogP contribution in [0.3, 0.4) is 0 Å². The minimum absolute atomic E-state index is 0.00463. The van der Waals surface area contributed by atoms with Crippen molar-refractivity contribution in [1.29, 1.82) is 0 Å². The zero-order chi connectivity index (χ0) is 52.7. The van der Waals surface area contributed by atoms with Crippen molar-refractivity contribution in [1.82, 2.24) is 42.0 Å². The summed E-state index contributed by atoms with van der Waals surface area (Å²) in [5.41, 5.74) is 4.75. The minimum Gasteiger partial charge on any atom is -0.747 e. The molecular weight excluding hydrogens is 921 g/mol. The van der Waals surface area contributed by atoms with Crippen molar-refractivity contribution in [3.63, 3.8) is 0 Å². The fourth-order valence-electron chi connectivity index (χ4n) is 4.09. The van der Waals surface area contributed by atoms with Crippen molar-refractivity contribution in [3.8, 4) is 0 Å². The third-order valence-electron chi connectivity index (χ3n) is 7.79. The van der Waals surface area contributed by atoms with Crippen molar-refractivity contribution in [2.24, 2.45) is 0 Å². The molecule has 1 unspecified atom stereocenters. The molecule has 2 aromatic rings. The van der Waals surface area contributed by atoms with E-state index >= 15 is 0 Å². The predicted molar refractivity (Wildman–Crippen MR) is 237 cm³/mol. The van der Waals surface area contributed by atoms with Crippen LogP contribution < -0.4 is 31.9 Å². The van der Waals surface area contributed by atoms with E-state index in [0.29, 0.717) is 18.2 Å². The van der Waals surface area contributed by atoms with E-state index in [1.54, 1.807) is 14.1 Å². The van der Waals surface area contributed by atoms with E-state index in [9.17, 15) is 70.5 Å². The summed E-state index contributed by atoms with van der Waals surface area (Å²) in [6, 6.07) is 16.2. The first-order valence-corrected chi connectivity index (χ1v) is 21.6. The van der Waals surface area contributed by atoms with Crippen LogP contribution >= 0.6 is 0 Å². The Kier molecular flexibility index (Phi) is 30.3. The number of hydrogen-bond donors (Lipinski definition) is 6. The van der Waals surface area contributed by atoms with Crippen LogP contribution in [0.15, 0.2) is 48.5 Å². The molecule has 2 fully saturated rings. The van der Waals surface area contributed by atoms with E-state index in [4.69, 9.17) is 0 Å². The first kappa shape index (κ1) is 62.5. The number of benzene rings is 2. The summed E-state index contributed by atoms with van der Waals surface area (Å²) >= 11 is 0. The Morgan fingerprint density at radius 1 is 0.544 bits per heavy atom. The molecule has 0 bridgehead atoms. The Hall–Kier alpha value is -7.61. The molecule has 1 atom stereocenters. The van der Waals surface area contributed by atoms with Gasteiger partial charge < -0.3 is 46.1 Å². The molecule has 2 heterocycles. The molecule has 0 aliphatic carbocycles. The maximum Gasteiger partial charge on any atom is 0.352 e. The Morgan fingerprint density at radius 2 is 0.853 bits per heavy atom. The molecule has 2 saturated heterocycles. The second-order valence-corrected chi connectivity index (χ2v) is 15.5. The van der Waals surface area contributed by atoms with Gasteiger partial charge >= 0.3 is 11.9 Å². The Balaban J connectivity index is 0. The number of rotatable bonds is 11. The summed E-state index contributed by atoms with van der Waals surface area (Å²) in [7, 11) is -1.80. The molecule has 4 rings (SSSR count). The summed E-state index contributed by atoms with van der Waals surface area (Å²) in [5, 5.41) is 12.8. The molecule has 10 amide bonds. The summed E-state index contributed by atoms with van der Waals surface area (Å²) in [6.45, 7) is 12.7. The summed E-state index contributed by atoms with van der Waals surface area (Å²) in [5.74, 6) is -6.55. The van der Waals surface area contributed by atoms with Gasteiger partial charge in [-0.15, -0.1) is 10.1 Å². The zero-order valence-corrected chi connectivity index (χ0v) is 40.2. The maximum atomic E-state index is 11.4. The molecule has 2 aromatic carbocycles. The largest absolute Gasteiger partial charge is 0.747 e. The normalized spacial score (nSPS) is 13.2. The van der Waals surface area contributed by atoms with Crippen LogP contribution in [0.1, 0.15) is 83.1 Å². The highest BCUT2D eigenvalue weighted by atomic mass is 32.2. The van der Waals surface area contributed by atoms with Crippen LogP contribution in [0.4, 0.5) is 0 Å². The third-order valence-corrected chi connectivity index (χ3v) is 8.86. The van der Waals surface area contributed by atoms with Crippen LogP contribution in [-0.4, -0.2) is 127 Å². The highest BCUT2D eigenvalue weighted by Crippen LogP contribution is 2.19. The number of nitrogens with one attached hydrogen (secondary N) is 6. The quantitative estimate of drug-likeness (QED) is 0.113. The van der Waals surface area contributed by atoms with E-state index in [0.717, 1.165) is 18.1 Å². The Bertz CT molecular complexity index is 2110. The van der Waals surface area contributed by atoms with Gasteiger partial charge in [-0.1, -0.05) is 59.7 Å². The molecule has 6 N–H and O–H groups in total. The molecule has 68 heavy (non-hydrogen) atoms. The van der Waals surface area contributed by atoms with Gasteiger partial charge in [0.05, 0.1) is 6.42 Å². The van der Waals surface area contributed by atoms with Crippen molar-refractivity contribution >= 4 is 81.1 Å². The summed E-state index contributed by atoms with van der Waals surface area (Å²) < 4.78 is 32.0. The molecule has 0 aromatic heterocycles. The molecule has 0 spiro atoms. The molecule has 26 heteroatoms. The van der Waals surface area contributed by atoms with Crippen molar-refractivity contribution in [3.05, 3.63) is 70.8 Å². The van der Waals surface area contributed by atoms with Crippen LogP contribution in [0.5, 0.6) is 0 Å². The molecule has 0 radical (unpaired) electrons. The zero-order valence-electron chi connectivity index (χ0n) is 39.4. The van der Waals surface area contributed by atoms with E-state index in [1.165, 1.54) is 45.7 Å². The van der Waals surface area contributed by atoms with E-state index in [-0.39, 0.29) is 48.1 Å². The number of amides is 10. The van der Waals surface area contributed by atoms with Crippen LogP contribution in [0.2, 0.25) is 0 Å². The SMILES string of the molecule is CC(=O)NCC(=O)ON1C(=O)CC(S(=O)(=O)[O-])C1=O.CC(=O)NCC(=O)ON1C(=O)CCC1=O.CC(=O)NCc1ccc(C)cc1.CC(=O)NCc1ccc(C)cc1.CNC(C)=O.CNC(C)=O. The topological polar surface area (TPSA) is 359 Å². The lowest BCUT2D eigenvalue weighted by atomic mass is 10.1. The number of imide groups is 2. The molecule has 376 valence electrons.